The summed E-state index contributed by atoms with van der Waals surface area (Å²) >= 11 is 0. The molecule has 0 bridgehead atoms. The number of carbonyl (C=O) groups excluding carboxylic acids is 1. The van der Waals surface area contributed by atoms with E-state index in [-0.39, 0.29) is 31.0 Å². The van der Waals surface area contributed by atoms with Crippen LogP contribution in [0.3, 0.4) is 0 Å². The van der Waals surface area contributed by atoms with E-state index in [1.54, 1.807) is 0 Å². The summed E-state index contributed by atoms with van der Waals surface area (Å²) in [6.45, 7) is 0.0841. The van der Waals surface area contributed by atoms with Crippen LogP contribution in [0.2, 0.25) is 0 Å². The van der Waals surface area contributed by atoms with Gasteiger partial charge in [-0.3, -0.25) is 9.59 Å². The maximum atomic E-state index is 11.8. The Morgan fingerprint density at radius 3 is 2.26 bits per heavy atom. The molecule has 0 saturated heterocycles. The van der Waals surface area contributed by atoms with E-state index in [2.05, 4.69) is 5.32 Å². The number of rotatable bonds is 7. The molecule has 2 N–H and O–H groups in total. The van der Waals surface area contributed by atoms with E-state index in [9.17, 15) is 18.0 Å². The van der Waals surface area contributed by atoms with Gasteiger partial charge in [0.1, 0.15) is 9.84 Å². The van der Waals surface area contributed by atoms with Crippen LogP contribution in [0.4, 0.5) is 0 Å². The minimum absolute atomic E-state index is 0.00644. The third-order valence-electron chi connectivity index (χ3n) is 3.52. The zero-order valence-corrected chi connectivity index (χ0v) is 12.0. The quantitative estimate of drug-likeness (QED) is 0.714. The Balaban J connectivity index is 2.46. The summed E-state index contributed by atoms with van der Waals surface area (Å²) in [6, 6.07) is 0. The number of amides is 1. The molecule has 19 heavy (non-hydrogen) atoms. The van der Waals surface area contributed by atoms with E-state index < -0.39 is 21.2 Å². The van der Waals surface area contributed by atoms with Gasteiger partial charge in [-0.15, -0.1) is 0 Å². The summed E-state index contributed by atoms with van der Waals surface area (Å²) in [5.41, 5.74) is -0.443. The number of hydrogen-bond donors (Lipinski definition) is 2. The van der Waals surface area contributed by atoms with Crippen LogP contribution in [0.5, 0.6) is 0 Å². The number of hydrogen-bond acceptors (Lipinski definition) is 4. The molecule has 0 spiro atoms. The van der Waals surface area contributed by atoms with Crippen molar-refractivity contribution in [2.75, 3.05) is 18.6 Å². The maximum Gasteiger partial charge on any atom is 0.303 e. The molecule has 1 aliphatic rings. The molecule has 7 heteroatoms. The third-order valence-corrected chi connectivity index (χ3v) is 4.47. The lowest BCUT2D eigenvalue weighted by atomic mass is 9.79. The first-order valence-electron chi connectivity index (χ1n) is 6.39. The molecule has 1 aliphatic carbocycles. The normalized spacial score (nSPS) is 18.2. The molecule has 1 fully saturated rings. The Bertz CT molecular complexity index is 437. The van der Waals surface area contributed by atoms with Crippen LogP contribution in [-0.4, -0.2) is 44.0 Å². The Hall–Kier alpha value is -1.11. The van der Waals surface area contributed by atoms with E-state index in [0.29, 0.717) is 0 Å². The van der Waals surface area contributed by atoms with Crippen LogP contribution >= 0.6 is 0 Å². The molecule has 0 heterocycles. The monoisotopic (exact) mass is 291 g/mol. The molecule has 0 aromatic rings. The van der Waals surface area contributed by atoms with E-state index in [1.807, 2.05) is 0 Å². The van der Waals surface area contributed by atoms with Gasteiger partial charge in [0.15, 0.2) is 0 Å². The number of nitrogens with one attached hydrogen (secondary N) is 1. The average molecular weight is 291 g/mol. The lowest BCUT2D eigenvalue weighted by Crippen LogP contribution is -2.34. The molecule has 110 valence electrons. The summed E-state index contributed by atoms with van der Waals surface area (Å²) in [6.07, 6.45) is 4.68. The minimum atomic E-state index is -3.09. The van der Waals surface area contributed by atoms with Crippen molar-refractivity contribution < 1.29 is 23.1 Å². The van der Waals surface area contributed by atoms with Crippen molar-refractivity contribution in [2.45, 2.75) is 38.5 Å². The standard InChI is InChI=1S/C12H21NO5S/c1-19(17,18)7-6-13-10(14)8-12(9-11(15)16)4-2-3-5-12/h2-9H2,1H3,(H,13,14)(H,15,16). The molecular weight excluding hydrogens is 270 g/mol. The predicted octanol–water partition coefficient (Wildman–Crippen LogP) is 0.572. The lowest BCUT2D eigenvalue weighted by molar-refractivity contribution is -0.140. The van der Waals surface area contributed by atoms with Gasteiger partial charge in [-0.1, -0.05) is 12.8 Å². The fourth-order valence-corrected chi connectivity index (χ4v) is 3.11. The molecule has 0 radical (unpaired) electrons. The van der Waals surface area contributed by atoms with Crippen molar-refractivity contribution in [1.29, 1.82) is 0 Å². The summed E-state index contributed by atoms with van der Waals surface area (Å²) in [4.78, 5) is 22.6. The molecule has 0 unspecified atom stereocenters. The van der Waals surface area contributed by atoms with Crippen molar-refractivity contribution in [3.63, 3.8) is 0 Å². The van der Waals surface area contributed by atoms with Gasteiger partial charge in [-0.25, -0.2) is 8.42 Å². The smallest absolute Gasteiger partial charge is 0.303 e. The van der Waals surface area contributed by atoms with Crippen LogP contribution in [0.15, 0.2) is 0 Å². The highest BCUT2D eigenvalue weighted by Crippen LogP contribution is 2.43. The zero-order chi connectivity index (χ0) is 14.5. The van der Waals surface area contributed by atoms with E-state index in [0.717, 1.165) is 31.9 Å². The van der Waals surface area contributed by atoms with E-state index in [1.165, 1.54) is 0 Å². The van der Waals surface area contributed by atoms with Gasteiger partial charge < -0.3 is 10.4 Å². The molecule has 1 amide bonds. The number of carbonyl (C=O) groups is 2. The fourth-order valence-electron chi connectivity index (χ4n) is 2.64. The minimum Gasteiger partial charge on any atom is -0.481 e. The molecule has 6 nitrogen and oxygen atoms in total. The van der Waals surface area contributed by atoms with Crippen LogP contribution in [-0.2, 0) is 19.4 Å². The van der Waals surface area contributed by atoms with Gasteiger partial charge in [-0.2, -0.15) is 0 Å². The Morgan fingerprint density at radius 1 is 1.21 bits per heavy atom. The third kappa shape index (κ3) is 6.04. The van der Waals surface area contributed by atoms with Crippen molar-refractivity contribution in [3.8, 4) is 0 Å². The second-order valence-corrected chi connectivity index (χ2v) is 7.69. The number of aliphatic carboxylic acids is 1. The topological polar surface area (TPSA) is 101 Å². The molecular formula is C12H21NO5S. The van der Waals surface area contributed by atoms with Gasteiger partial charge in [0.05, 0.1) is 12.2 Å². The van der Waals surface area contributed by atoms with Gasteiger partial charge >= 0.3 is 5.97 Å². The first kappa shape index (κ1) is 15.9. The average Bonchev–Trinajstić information content (AvgIpc) is 2.62. The van der Waals surface area contributed by atoms with Crippen LogP contribution < -0.4 is 5.32 Å². The van der Waals surface area contributed by atoms with Crippen LogP contribution in [0.1, 0.15) is 38.5 Å². The first-order valence-corrected chi connectivity index (χ1v) is 8.45. The molecule has 0 aliphatic heterocycles. The first-order chi connectivity index (χ1) is 8.72. The Morgan fingerprint density at radius 2 is 1.79 bits per heavy atom. The number of carboxylic acid groups (broad SMARTS) is 1. The van der Waals surface area contributed by atoms with E-state index in [4.69, 9.17) is 5.11 Å². The number of carboxylic acids is 1. The van der Waals surface area contributed by atoms with Gasteiger partial charge in [0.2, 0.25) is 5.91 Å². The maximum absolute atomic E-state index is 11.8. The summed E-state index contributed by atoms with van der Waals surface area (Å²) in [5.74, 6) is -1.23. The highest BCUT2D eigenvalue weighted by atomic mass is 32.2. The Kier molecular flexibility index (Phi) is 5.34. The largest absolute Gasteiger partial charge is 0.481 e. The summed E-state index contributed by atoms with van der Waals surface area (Å²) in [5, 5.41) is 11.5. The van der Waals surface area contributed by atoms with Crippen molar-refractivity contribution in [3.05, 3.63) is 0 Å². The van der Waals surface area contributed by atoms with Crippen molar-refractivity contribution in [1.82, 2.24) is 5.32 Å². The van der Waals surface area contributed by atoms with Crippen molar-refractivity contribution in [2.24, 2.45) is 5.41 Å². The lowest BCUT2D eigenvalue weighted by Gasteiger charge is -2.26. The summed E-state index contributed by atoms with van der Waals surface area (Å²) < 4.78 is 21.9. The molecule has 0 atom stereocenters. The van der Waals surface area contributed by atoms with E-state index >= 15 is 0 Å². The predicted molar refractivity (Wildman–Crippen MR) is 70.5 cm³/mol. The van der Waals surface area contributed by atoms with Gasteiger partial charge in [0, 0.05) is 19.2 Å². The second-order valence-electron chi connectivity index (χ2n) is 5.43. The molecule has 1 rings (SSSR count). The van der Waals surface area contributed by atoms with Gasteiger partial charge in [0.25, 0.3) is 0 Å². The molecule has 1 saturated carbocycles. The molecule has 0 aromatic carbocycles. The SMILES string of the molecule is CS(=O)(=O)CCNC(=O)CC1(CC(=O)O)CCCC1. The highest BCUT2D eigenvalue weighted by Gasteiger charge is 2.37. The molecule has 0 aromatic heterocycles. The van der Waals surface area contributed by atoms with Crippen LogP contribution in [0.25, 0.3) is 0 Å². The second kappa shape index (κ2) is 6.36. The highest BCUT2D eigenvalue weighted by molar-refractivity contribution is 7.90. The van der Waals surface area contributed by atoms with Gasteiger partial charge in [-0.05, 0) is 18.3 Å². The number of sulfone groups is 1. The fraction of sp³-hybridized carbons (Fsp3) is 0.833. The Labute approximate surface area is 113 Å². The zero-order valence-electron chi connectivity index (χ0n) is 11.1. The van der Waals surface area contributed by atoms with Crippen molar-refractivity contribution >= 4 is 21.7 Å². The summed E-state index contributed by atoms with van der Waals surface area (Å²) in [7, 11) is -3.09. The van der Waals surface area contributed by atoms with Crippen LogP contribution in [0, 0.1) is 5.41 Å².